The minimum absolute atomic E-state index is 0.910. The molecule has 0 aliphatic heterocycles. The van der Waals surface area contributed by atoms with Crippen molar-refractivity contribution in [3.05, 3.63) is 33.9 Å². The Hall–Kier alpha value is -0.993. The first kappa shape index (κ1) is 14.1. The first-order valence-corrected chi connectivity index (χ1v) is 8.57. The highest BCUT2D eigenvalue weighted by atomic mass is 35.5. The molecule has 0 N–H and O–H groups in total. The van der Waals surface area contributed by atoms with Crippen LogP contribution in [0.3, 0.4) is 0 Å². The van der Waals surface area contributed by atoms with E-state index in [0.29, 0.717) is 0 Å². The van der Waals surface area contributed by atoms with E-state index in [1.807, 2.05) is 19.6 Å². The van der Waals surface area contributed by atoms with Crippen molar-refractivity contribution in [2.75, 3.05) is 0 Å². The fourth-order valence-electron chi connectivity index (χ4n) is 0.965. The maximum absolute atomic E-state index is 13.3. The summed E-state index contributed by atoms with van der Waals surface area (Å²) in [5.41, 5.74) is 1.72. The van der Waals surface area contributed by atoms with Crippen molar-refractivity contribution in [1.82, 2.24) is 0 Å². The van der Waals surface area contributed by atoms with Crippen LogP contribution in [0.4, 0.5) is 17.6 Å². The Balaban J connectivity index is 3.49. The molecule has 0 spiro atoms. The maximum atomic E-state index is 13.3. The van der Waals surface area contributed by atoms with Crippen LogP contribution in [0.5, 0.6) is 0 Å². The van der Waals surface area contributed by atoms with E-state index in [1.165, 1.54) is 0 Å². The quantitative estimate of drug-likeness (QED) is 0.220. The Morgan fingerprint density at radius 3 is 1.65 bits per heavy atom. The standard InChI is InChI=1S/C11H9ClF4Si/c1-17(2,3)5-4-6-8(13)10(15)7(12)11(16)9(6)14/h1-3H3. The van der Waals surface area contributed by atoms with Gasteiger partial charge in [0, 0.05) is 0 Å². The molecule has 0 aliphatic carbocycles. The molecule has 6 heteroatoms. The van der Waals surface area contributed by atoms with E-state index in [1.54, 1.807) is 0 Å². The highest BCUT2D eigenvalue weighted by Crippen LogP contribution is 2.27. The number of halogens is 5. The second-order valence-corrected chi connectivity index (χ2v) is 9.57. The van der Waals surface area contributed by atoms with Crippen molar-refractivity contribution >= 4 is 19.7 Å². The fourth-order valence-corrected chi connectivity index (χ4v) is 1.63. The first-order chi connectivity index (χ1) is 7.65. The third-order valence-electron chi connectivity index (χ3n) is 1.77. The zero-order valence-corrected chi connectivity index (χ0v) is 11.1. The summed E-state index contributed by atoms with van der Waals surface area (Å²) in [7, 11) is -1.91. The molecule has 0 saturated heterocycles. The Morgan fingerprint density at radius 2 is 1.29 bits per heavy atom. The van der Waals surface area contributed by atoms with Crippen LogP contribution in [0, 0.1) is 34.7 Å². The van der Waals surface area contributed by atoms with Gasteiger partial charge in [-0.15, -0.1) is 5.54 Å². The number of hydrogen-bond donors (Lipinski definition) is 0. The minimum atomic E-state index is -1.91. The maximum Gasteiger partial charge on any atom is 0.181 e. The van der Waals surface area contributed by atoms with Gasteiger partial charge in [-0.25, -0.2) is 17.6 Å². The van der Waals surface area contributed by atoms with Crippen LogP contribution >= 0.6 is 11.6 Å². The van der Waals surface area contributed by atoms with Crippen molar-refractivity contribution < 1.29 is 17.6 Å². The van der Waals surface area contributed by atoms with Gasteiger partial charge in [-0.1, -0.05) is 37.2 Å². The number of hydrogen-bond acceptors (Lipinski definition) is 0. The molecular formula is C11H9ClF4Si. The molecule has 0 fully saturated rings. The molecule has 0 amide bonds. The molecule has 0 atom stereocenters. The average molecular weight is 281 g/mol. The van der Waals surface area contributed by atoms with Gasteiger partial charge in [0.05, 0.1) is 0 Å². The zero-order valence-electron chi connectivity index (χ0n) is 9.39. The summed E-state index contributed by atoms with van der Waals surface area (Å²) in [4.78, 5) is 0. The number of rotatable bonds is 0. The Labute approximate surface area is 103 Å². The molecular weight excluding hydrogens is 272 g/mol. The van der Waals surface area contributed by atoms with Gasteiger partial charge in [-0.2, -0.15) is 0 Å². The van der Waals surface area contributed by atoms with Crippen LogP contribution < -0.4 is 0 Å². The summed E-state index contributed by atoms with van der Waals surface area (Å²) < 4.78 is 52.8. The molecule has 0 saturated carbocycles. The highest BCUT2D eigenvalue weighted by molar-refractivity contribution is 6.83. The molecule has 0 aliphatic rings. The first-order valence-electron chi connectivity index (χ1n) is 4.69. The lowest BCUT2D eigenvalue weighted by Gasteiger charge is -2.06. The Morgan fingerprint density at radius 1 is 0.882 bits per heavy atom. The predicted molar refractivity (Wildman–Crippen MR) is 61.5 cm³/mol. The van der Waals surface area contributed by atoms with Crippen LogP contribution in [0.15, 0.2) is 0 Å². The third-order valence-corrected chi connectivity index (χ3v) is 2.98. The second kappa shape index (κ2) is 4.71. The van der Waals surface area contributed by atoms with Crippen molar-refractivity contribution in [3.8, 4) is 11.5 Å². The largest absolute Gasteiger partial charge is 0.202 e. The van der Waals surface area contributed by atoms with Crippen LogP contribution in [0.25, 0.3) is 0 Å². The highest BCUT2D eigenvalue weighted by Gasteiger charge is 2.23. The molecule has 1 aromatic rings. The van der Waals surface area contributed by atoms with Crippen molar-refractivity contribution in [2.24, 2.45) is 0 Å². The molecule has 0 aromatic heterocycles. The van der Waals surface area contributed by atoms with Gasteiger partial charge >= 0.3 is 0 Å². The number of benzene rings is 1. The molecule has 92 valence electrons. The smallest absolute Gasteiger partial charge is 0.181 e. The van der Waals surface area contributed by atoms with E-state index in [9.17, 15) is 17.6 Å². The van der Waals surface area contributed by atoms with Crippen molar-refractivity contribution in [2.45, 2.75) is 19.6 Å². The zero-order chi connectivity index (χ0) is 13.4. The van der Waals surface area contributed by atoms with Gasteiger partial charge in [0.25, 0.3) is 0 Å². The summed E-state index contributed by atoms with van der Waals surface area (Å²) in [6.45, 7) is 5.50. The van der Waals surface area contributed by atoms with E-state index in [-0.39, 0.29) is 0 Å². The van der Waals surface area contributed by atoms with Crippen LogP contribution in [0.2, 0.25) is 24.7 Å². The summed E-state index contributed by atoms with van der Waals surface area (Å²) >= 11 is 5.08. The molecule has 0 bridgehead atoms. The second-order valence-electron chi connectivity index (χ2n) is 4.44. The lowest BCUT2D eigenvalue weighted by molar-refractivity contribution is 0.451. The normalized spacial score (nSPS) is 11.1. The van der Waals surface area contributed by atoms with Gasteiger partial charge in [0.15, 0.2) is 23.3 Å². The molecule has 0 unspecified atom stereocenters. The van der Waals surface area contributed by atoms with Gasteiger partial charge in [0.1, 0.15) is 18.7 Å². The van der Waals surface area contributed by atoms with E-state index in [4.69, 9.17) is 11.6 Å². The summed E-state index contributed by atoms with van der Waals surface area (Å²) in [6, 6.07) is 0. The van der Waals surface area contributed by atoms with Gasteiger partial charge < -0.3 is 0 Å². The minimum Gasteiger partial charge on any atom is -0.202 e. The Kier molecular flexibility index (Phi) is 3.90. The monoisotopic (exact) mass is 280 g/mol. The summed E-state index contributed by atoms with van der Waals surface area (Å²) in [5.74, 6) is -4.20. The Bertz CT molecular complexity index is 494. The fraction of sp³-hybridized carbons (Fsp3) is 0.273. The third kappa shape index (κ3) is 3.02. The molecule has 1 aromatic carbocycles. The molecule has 0 heterocycles. The van der Waals surface area contributed by atoms with Gasteiger partial charge in [-0.3, -0.25) is 0 Å². The van der Waals surface area contributed by atoms with Crippen LogP contribution in [-0.4, -0.2) is 8.07 Å². The van der Waals surface area contributed by atoms with E-state index >= 15 is 0 Å². The lowest BCUT2D eigenvalue weighted by atomic mass is 10.2. The van der Waals surface area contributed by atoms with Crippen LogP contribution in [-0.2, 0) is 0 Å². The predicted octanol–water partition coefficient (Wildman–Crippen LogP) is 4.13. The average Bonchev–Trinajstić information content (AvgIpc) is 2.22. The van der Waals surface area contributed by atoms with Gasteiger partial charge in [-0.05, 0) is 0 Å². The molecule has 0 nitrogen and oxygen atoms in total. The van der Waals surface area contributed by atoms with E-state index < -0.39 is 41.9 Å². The van der Waals surface area contributed by atoms with Crippen LogP contribution in [0.1, 0.15) is 5.56 Å². The van der Waals surface area contributed by atoms with Crippen molar-refractivity contribution in [3.63, 3.8) is 0 Å². The van der Waals surface area contributed by atoms with Gasteiger partial charge in [0.2, 0.25) is 0 Å². The molecule has 1 rings (SSSR count). The molecule has 0 radical (unpaired) electrons. The summed E-state index contributed by atoms with van der Waals surface area (Å²) in [5, 5.41) is -1.20. The van der Waals surface area contributed by atoms with E-state index in [0.717, 1.165) is 0 Å². The summed E-state index contributed by atoms with van der Waals surface area (Å²) in [6.07, 6.45) is 0. The lowest BCUT2D eigenvalue weighted by Crippen LogP contribution is -2.16. The van der Waals surface area contributed by atoms with Crippen molar-refractivity contribution in [1.29, 1.82) is 0 Å². The van der Waals surface area contributed by atoms with E-state index in [2.05, 4.69) is 11.5 Å². The topological polar surface area (TPSA) is 0 Å². The SMILES string of the molecule is C[Si](C)(C)C#Cc1c(F)c(F)c(Cl)c(F)c1F. The molecule has 17 heavy (non-hydrogen) atoms.